The van der Waals surface area contributed by atoms with Crippen molar-refractivity contribution in [2.45, 2.75) is 13.3 Å². The van der Waals surface area contributed by atoms with E-state index in [0.717, 1.165) is 5.56 Å². The summed E-state index contributed by atoms with van der Waals surface area (Å²) in [4.78, 5) is 24.0. The van der Waals surface area contributed by atoms with Crippen molar-refractivity contribution in [1.29, 1.82) is 0 Å². The number of phenolic OH excluding ortho intramolecular Hbond substituents is 1. The molecule has 3 aromatic rings. The van der Waals surface area contributed by atoms with Crippen LogP contribution in [0.5, 0.6) is 5.75 Å². The first-order valence-corrected chi connectivity index (χ1v) is 9.70. The Morgan fingerprint density at radius 2 is 1.58 bits per heavy atom. The van der Waals surface area contributed by atoms with Gasteiger partial charge in [0.25, 0.3) is 0 Å². The van der Waals surface area contributed by atoms with Crippen LogP contribution in [0.15, 0.2) is 95.2 Å². The molecular formula is C25H22N2O4. The second-order valence-electron chi connectivity index (χ2n) is 6.93. The number of hydrogen-bond acceptors (Lipinski definition) is 6. The lowest BCUT2D eigenvalue weighted by Gasteiger charge is -2.05. The zero-order chi connectivity index (χ0) is 22.2. The van der Waals surface area contributed by atoms with Crippen molar-refractivity contribution in [3.63, 3.8) is 0 Å². The Morgan fingerprint density at radius 3 is 2.26 bits per heavy atom. The highest BCUT2D eigenvalue weighted by Crippen LogP contribution is 2.27. The molecule has 31 heavy (non-hydrogen) atoms. The van der Waals surface area contributed by atoms with Gasteiger partial charge in [-0.15, -0.1) is 0 Å². The zero-order valence-electron chi connectivity index (χ0n) is 17.1. The van der Waals surface area contributed by atoms with Gasteiger partial charge in [0, 0.05) is 17.6 Å². The molecule has 0 aliphatic heterocycles. The van der Waals surface area contributed by atoms with Gasteiger partial charge in [0.1, 0.15) is 5.75 Å². The number of ether oxygens (including phenoxy) is 1. The maximum absolute atomic E-state index is 12.6. The number of carbonyl (C=O) groups is 2. The minimum absolute atomic E-state index is 0.107. The third-order valence-electron chi connectivity index (χ3n) is 4.45. The Labute approximate surface area is 180 Å². The summed E-state index contributed by atoms with van der Waals surface area (Å²) in [5, 5.41) is 18.4. The molecule has 0 fully saturated rings. The molecule has 0 unspecified atom stereocenters. The summed E-state index contributed by atoms with van der Waals surface area (Å²) < 4.78 is 5.09. The Kier molecular flexibility index (Phi) is 7.06. The molecule has 3 rings (SSSR count). The number of carbonyl (C=O) groups excluding carboxylic acids is 2. The lowest BCUT2D eigenvalue weighted by atomic mass is 10.0. The van der Waals surface area contributed by atoms with Gasteiger partial charge in [-0.2, -0.15) is 10.2 Å². The summed E-state index contributed by atoms with van der Waals surface area (Å²) in [5.74, 6) is -0.791. The highest BCUT2D eigenvalue weighted by Gasteiger charge is 2.14. The summed E-state index contributed by atoms with van der Waals surface area (Å²) in [6.07, 6.45) is 0.583. The van der Waals surface area contributed by atoms with E-state index in [9.17, 15) is 14.7 Å². The van der Waals surface area contributed by atoms with E-state index in [4.69, 9.17) is 4.74 Å². The lowest BCUT2D eigenvalue weighted by Crippen LogP contribution is -2.07. The monoisotopic (exact) mass is 414 g/mol. The number of nitrogens with zero attached hydrogens (tertiary/aromatic N) is 2. The Hall–Kier alpha value is -4.06. The van der Waals surface area contributed by atoms with Gasteiger partial charge in [0.15, 0.2) is 5.78 Å². The number of hydrogen-bond donors (Lipinski definition) is 1. The summed E-state index contributed by atoms with van der Waals surface area (Å²) in [5.41, 5.74) is 3.10. The first kappa shape index (κ1) is 21.6. The van der Waals surface area contributed by atoms with Gasteiger partial charge >= 0.3 is 5.97 Å². The van der Waals surface area contributed by atoms with Gasteiger partial charge in [0.2, 0.25) is 0 Å². The van der Waals surface area contributed by atoms with Crippen molar-refractivity contribution in [2.24, 2.45) is 10.2 Å². The molecule has 0 spiro atoms. The van der Waals surface area contributed by atoms with Crippen LogP contribution in [0.25, 0.3) is 0 Å². The molecule has 156 valence electrons. The third-order valence-corrected chi connectivity index (χ3v) is 4.45. The van der Waals surface area contributed by atoms with Crippen molar-refractivity contribution >= 4 is 23.1 Å². The van der Waals surface area contributed by atoms with Crippen LogP contribution in [-0.2, 0) is 16.0 Å². The van der Waals surface area contributed by atoms with Crippen LogP contribution < -0.4 is 0 Å². The van der Waals surface area contributed by atoms with Gasteiger partial charge in [-0.1, -0.05) is 49.0 Å². The number of ketones is 1. The third kappa shape index (κ3) is 5.96. The van der Waals surface area contributed by atoms with Crippen LogP contribution in [-0.4, -0.2) is 23.5 Å². The molecule has 0 aliphatic carbocycles. The second-order valence-corrected chi connectivity index (χ2v) is 6.93. The second kappa shape index (κ2) is 10.1. The number of esters is 1. The largest absolute Gasteiger partial charge is 0.507 e. The predicted molar refractivity (Wildman–Crippen MR) is 118 cm³/mol. The highest BCUT2D eigenvalue weighted by molar-refractivity contribution is 6.11. The van der Waals surface area contributed by atoms with Crippen LogP contribution in [0.4, 0.5) is 11.4 Å². The minimum Gasteiger partial charge on any atom is -0.507 e. The molecule has 0 saturated heterocycles. The lowest BCUT2D eigenvalue weighted by molar-refractivity contribution is -0.138. The summed E-state index contributed by atoms with van der Waals surface area (Å²) in [7, 11) is 0. The minimum atomic E-state index is -0.399. The molecule has 0 atom stereocenters. The molecule has 0 aliphatic rings. The molecule has 0 heterocycles. The molecule has 6 nitrogen and oxygen atoms in total. The van der Waals surface area contributed by atoms with E-state index >= 15 is 0 Å². The van der Waals surface area contributed by atoms with Crippen LogP contribution >= 0.6 is 0 Å². The topological polar surface area (TPSA) is 88.3 Å². The van der Waals surface area contributed by atoms with E-state index in [1.54, 1.807) is 49.4 Å². The fraction of sp³-hybridized carbons (Fsp3) is 0.120. The molecule has 0 bridgehead atoms. The number of rotatable bonds is 8. The molecule has 0 radical (unpaired) electrons. The molecule has 6 heteroatoms. The van der Waals surface area contributed by atoms with Gasteiger partial charge in [0.05, 0.1) is 23.5 Å². The van der Waals surface area contributed by atoms with Crippen molar-refractivity contribution in [2.75, 3.05) is 6.61 Å². The maximum atomic E-state index is 12.6. The molecule has 0 saturated carbocycles. The van der Waals surface area contributed by atoms with Crippen molar-refractivity contribution in [1.82, 2.24) is 0 Å². The van der Waals surface area contributed by atoms with Crippen LogP contribution in [0.3, 0.4) is 0 Å². The van der Waals surface area contributed by atoms with Gasteiger partial charge in [-0.25, -0.2) is 4.79 Å². The summed E-state index contributed by atoms with van der Waals surface area (Å²) >= 11 is 0. The summed E-state index contributed by atoms with van der Waals surface area (Å²) in [6, 6.07) is 20.6. The van der Waals surface area contributed by atoms with Gasteiger partial charge < -0.3 is 9.84 Å². The van der Waals surface area contributed by atoms with E-state index in [-0.39, 0.29) is 23.7 Å². The molecule has 3 aromatic carbocycles. The number of azo groups is 1. The normalized spacial score (nSPS) is 10.7. The first-order chi connectivity index (χ1) is 14.9. The molecular weight excluding hydrogens is 392 g/mol. The Bertz CT molecular complexity index is 1120. The van der Waals surface area contributed by atoms with Crippen molar-refractivity contribution in [3.8, 4) is 5.75 Å². The van der Waals surface area contributed by atoms with Crippen molar-refractivity contribution in [3.05, 3.63) is 102 Å². The van der Waals surface area contributed by atoms with Crippen LogP contribution in [0.2, 0.25) is 0 Å². The molecule has 1 N–H and O–H groups in total. The Balaban J connectivity index is 1.66. The maximum Gasteiger partial charge on any atom is 0.333 e. The smallest absolute Gasteiger partial charge is 0.333 e. The fourth-order valence-corrected chi connectivity index (χ4v) is 2.74. The van der Waals surface area contributed by atoms with E-state index in [1.807, 2.05) is 18.2 Å². The molecule has 0 aromatic heterocycles. The van der Waals surface area contributed by atoms with Crippen molar-refractivity contribution < 1.29 is 19.4 Å². The molecule has 0 amide bonds. The number of phenols is 1. The Morgan fingerprint density at radius 1 is 0.935 bits per heavy atom. The zero-order valence-corrected chi connectivity index (χ0v) is 17.1. The predicted octanol–water partition coefficient (Wildman–Crippen LogP) is 5.70. The van der Waals surface area contributed by atoms with E-state index < -0.39 is 5.97 Å². The number of benzene rings is 3. The number of aromatic hydroxyl groups is 1. The first-order valence-electron chi connectivity index (χ1n) is 9.70. The van der Waals surface area contributed by atoms with Gasteiger partial charge in [-0.05, 0) is 42.8 Å². The fourth-order valence-electron chi connectivity index (χ4n) is 2.74. The van der Waals surface area contributed by atoms with Crippen LogP contribution in [0, 0.1) is 0 Å². The summed E-state index contributed by atoms with van der Waals surface area (Å²) in [6.45, 7) is 5.43. The average molecular weight is 414 g/mol. The quantitative estimate of drug-likeness (QED) is 0.222. The van der Waals surface area contributed by atoms with E-state index in [1.165, 1.54) is 12.1 Å². The standard InChI is InChI=1S/C25H22N2O4/c1-17(2)25(30)31-15-14-18-8-10-20(11-9-18)26-27-21-12-13-23(28)22(16-21)24(29)19-6-4-3-5-7-19/h3-13,16,28H,1,14-15H2,2H3/b27-26+. The van der Waals surface area contributed by atoms with Crippen LogP contribution in [0.1, 0.15) is 28.4 Å². The van der Waals surface area contributed by atoms with E-state index in [0.29, 0.717) is 28.9 Å². The van der Waals surface area contributed by atoms with E-state index in [2.05, 4.69) is 16.8 Å². The SMILES string of the molecule is C=C(C)C(=O)OCCc1ccc(/N=N/c2ccc(O)c(C(=O)c3ccccc3)c2)cc1. The average Bonchev–Trinajstić information content (AvgIpc) is 2.79. The highest BCUT2D eigenvalue weighted by atomic mass is 16.5. The van der Waals surface area contributed by atoms with Gasteiger partial charge in [-0.3, -0.25) is 4.79 Å².